The molecule has 7 heteroatoms. The monoisotopic (exact) mass is 450 g/mol. The lowest BCUT2D eigenvalue weighted by Crippen LogP contribution is -2.44. The van der Waals surface area contributed by atoms with E-state index in [0.29, 0.717) is 33.3 Å². The Labute approximate surface area is 191 Å². The van der Waals surface area contributed by atoms with Crippen LogP contribution in [-0.2, 0) is 4.79 Å². The van der Waals surface area contributed by atoms with Crippen LogP contribution in [0.4, 0.5) is 5.69 Å². The fourth-order valence-corrected chi connectivity index (χ4v) is 4.40. The molecule has 3 aromatic carbocycles. The number of nitrogens with zero attached hydrogens (tertiary/aromatic N) is 1. The number of hydrogen-bond acceptors (Lipinski definition) is 4. The molecule has 2 amide bonds. The van der Waals surface area contributed by atoms with Gasteiger partial charge in [0, 0.05) is 18.3 Å². The minimum atomic E-state index is -0.622. The van der Waals surface area contributed by atoms with Gasteiger partial charge in [0.2, 0.25) is 5.91 Å². The summed E-state index contributed by atoms with van der Waals surface area (Å²) in [6, 6.07) is 19.2. The lowest BCUT2D eigenvalue weighted by Gasteiger charge is -2.39. The molecule has 0 fully saturated rings. The second-order valence-electron chi connectivity index (χ2n) is 7.54. The average Bonchev–Trinajstić information content (AvgIpc) is 2.81. The molecule has 0 aromatic heterocycles. The number of rotatable bonds is 5. The molecule has 0 spiro atoms. The summed E-state index contributed by atoms with van der Waals surface area (Å²) in [7, 11) is 4.85. The minimum Gasteiger partial charge on any atom is -0.497 e. The van der Waals surface area contributed by atoms with E-state index in [9.17, 15) is 9.59 Å². The fourth-order valence-electron chi connectivity index (χ4n) is 4.14. The number of fused-ring (bicyclic) bond motifs is 1. The number of benzene rings is 3. The highest BCUT2D eigenvalue weighted by molar-refractivity contribution is 6.32. The Morgan fingerprint density at radius 2 is 1.72 bits per heavy atom. The Morgan fingerprint density at radius 3 is 2.38 bits per heavy atom. The summed E-state index contributed by atoms with van der Waals surface area (Å²) in [4.78, 5) is 28.3. The van der Waals surface area contributed by atoms with Gasteiger partial charge in [-0.1, -0.05) is 41.9 Å². The SMILES string of the molecule is COc1ccc([C@@H]2[C@@H](C(=O)Nc3ccc(OC)c(Cl)c3)c3ccccc3C(=O)N2C)cc1. The topological polar surface area (TPSA) is 67.9 Å². The largest absolute Gasteiger partial charge is 0.497 e. The number of nitrogens with one attached hydrogen (secondary N) is 1. The van der Waals surface area contributed by atoms with E-state index < -0.39 is 12.0 Å². The predicted molar refractivity (Wildman–Crippen MR) is 124 cm³/mol. The van der Waals surface area contributed by atoms with Crippen LogP contribution in [-0.4, -0.2) is 38.0 Å². The first-order valence-corrected chi connectivity index (χ1v) is 10.5. The number of anilines is 1. The molecule has 0 aliphatic carbocycles. The molecule has 1 aliphatic heterocycles. The zero-order valence-corrected chi connectivity index (χ0v) is 18.7. The maximum Gasteiger partial charge on any atom is 0.254 e. The van der Waals surface area contributed by atoms with E-state index in [-0.39, 0.29) is 11.8 Å². The predicted octanol–water partition coefficient (Wildman–Crippen LogP) is 4.91. The first-order valence-electron chi connectivity index (χ1n) is 10.1. The molecule has 164 valence electrons. The van der Waals surface area contributed by atoms with Gasteiger partial charge in [-0.2, -0.15) is 0 Å². The first kappa shape index (κ1) is 21.7. The molecule has 0 saturated carbocycles. The molecule has 1 aliphatic rings. The van der Waals surface area contributed by atoms with Crippen molar-refractivity contribution in [2.75, 3.05) is 26.6 Å². The van der Waals surface area contributed by atoms with Crippen LogP contribution in [0.15, 0.2) is 66.7 Å². The quantitative estimate of drug-likeness (QED) is 0.600. The van der Waals surface area contributed by atoms with Gasteiger partial charge in [0.1, 0.15) is 11.5 Å². The molecule has 0 saturated heterocycles. The van der Waals surface area contributed by atoms with Crippen molar-refractivity contribution in [3.63, 3.8) is 0 Å². The van der Waals surface area contributed by atoms with Crippen molar-refractivity contribution in [3.05, 3.63) is 88.4 Å². The molecule has 6 nitrogen and oxygen atoms in total. The van der Waals surface area contributed by atoms with Crippen molar-refractivity contribution in [2.45, 2.75) is 12.0 Å². The maximum absolute atomic E-state index is 13.6. The highest BCUT2D eigenvalue weighted by atomic mass is 35.5. The van der Waals surface area contributed by atoms with Gasteiger partial charge in [0.05, 0.1) is 31.2 Å². The Kier molecular flexibility index (Phi) is 6.06. The zero-order chi connectivity index (χ0) is 22.8. The van der Waals surface area contributed by atoms with Crippen LogP contribution < -0.4 is 14.8 Å². The van der Waals surface area contributed by atoms with Crippen LogP contribution in [0.1, 0.15) is 33.4 Å². The van der Waals surface area contributed by atoms with Crippen molar-refractivity contribution in [3.8, 4) is 11.5 Å². The summed E-state index contributed by atoms with van der Waals surface area (Å²) in [5, 5.41) is 3.36. The summed E-state index contributed by atoms with van der Waals surface area (Å²) >= 11 is 6.23. The van der Waals surface area contributed by atoms with Crippen molar-refractivity contribution in [1.29, 1.82) is 0 Å². The highest BCUT2D eigenvalue weighted by Crippen LogP contribution is 2.43. The van der Waals surface area contributed by atoms with E-state index >= 15 is 0 Å². The van der Waals surface area contributed by atoms with Gasteiger partial charge in [-0.3, -0.25) is 9.59 Å². The van der Waals surface area contributed by atoms with Gasteiger partial charge < -0.3 is 19.7 Å². The third kappa shape index (κ3) is 3.89. The van der Waals surface area contributed by atoms with Crippen molar-refractivity contribution in [2.24, 2.45) is 0 Å². The van der Waals surface area contributed by atoms with Gasteiger partial charge in [-0.25, -0.2) is 0 Å². The fraction of sp³-hybridized carbons (Fsp3) is 0.200. The van der Waals surface area contributed by atoms with Crippen molar-refractivity contribution < 1.29 is 19.1 Å². The number of methoxy groups -OCH3 is 2. The van der Waals surface area contributed by atoms with Gasteiger partial charge in [-0.15, -0.1) is 0 Å². The lowest BCUT2D eigenvalue weighted by atomic mass is 9.79. The summed E-state index contributed by atoms with van der Waals surface area (Å²) < 4.78 is 10.4. The maximum atomic E-state index is 13.6. The number of halogens is 1. The molecule has 0 bridgehead atoms. The minimum absolute atomic E-state index is 0.127. The Bertz CT molecular complexity index is 1160. The normalized spacial score (nSPS) is 17.5. The van der Waals surface area contributed by atoms with E-state index in [2.05, 4.69) is 5.32 Å². The van der Waals surface area contributed by atoms with Crippen LogP contribution in [0, 0.1) is 0 Å². The van der Waals surface area contributed by atoms with Crippen LogP contribution in [0.3, 0.4) is 0 Å². The van der Waals surface area contributed by atoms with Gasteiger partial charge in [0.25, 0.3) is 5.91 Å². The van der Waals surface area contributed by atoms with Crippen LogP contribution in [0.25, 0.3) is 0 Å². The Hall–Kier alpha value is -3.51. The van der Waals surface area contributed by atoms with Gasteiger partial charge in [0.15, 0.2) is 0 Å². The Balaban J connectivity index is 1.76. The summed E-state index contributed by atoms with van der Waals surface area (Å²) in [5.41, 5.74) is 2.59. The van der Waals surface area contributed by atoms with Crippen LogP contribution in [0.2, 0.25) is 5.02 Å². The molecular formula is C25H23ClN2O4. The Morgan fingerprint density at radius 1 is 1.00 bits per heavy atom. The summed E-state index contributed by atoms with van der Waals surface area (Å²) in [6.45, 7) is 0. The number of ether oxygens (including phenoxy) is 2. The highest BCUT2D eigenvalue weighted by Gasteiger charge is 2.42. The summed E-state index contributed by atoms with van der Waals surface area (Å²) in [5.74, 6) is 0.238. The van der Waals surface area contributed by atoms with Gasteiger partial charge in [-0.05, 0) is 47.5 Å². The molecule has 0 radical (unpaired) electrons. The molecule has 0 unspecified atom stereocenters. The first-order chi connectivity index (χ1) is 15.4. The number of hydrogen-bond donors (Lipinski definition) is 1. The number of likely N-dealkylation sites (N-methyl/N-ethyl adjacent to an activating group) is 1. The molecular weight excluding hydrogens is 428 g/mol. The molecule has 3 aromatic rings. The van der Waals surface area contributed by atoms with Crippen LogP contribution in [0.5, 0.6) is 11.5 Å². The number of amides is 2. The average molecular weight is 451 g/mol. The molecule has 1 heterocycles. The van der Waals surface area contributed by atoms with E-state index in [1.54, 1.807) is 49.4 Å². The number of carbonyl (C=O) groups is 2. The van der Waals surface area contributed by atoms with E-state index in [0.717, 1.165) is 5.56 Å². The second kappa shape index (κ2) is 8.93. The van der Waals surface area contributed by atoms with E-state index in [1.165, 1.54) is 7.11 Å². The van der Waals surface area contributed by atoms with E-state index in [1.807, 2.05) is 36.4 Å². The lowest BCUT2D eigenvalue weighted by molar-refractivity contribution is -0.119. The van der Waals surface area contributed by atoms with Gasteiger partial charge >= 0.3 is 0 Å². The van der Waals surface area contributed by atoms with Crippen LogP contribution >= 0.6 is 11.6 Å². The molecule has 2 atom stereocenters. The third-order valence-corrected chi connectivity index (χ3v) is 6.03. The third-order valence-electron chi connectivity index (χ3n) is 5.74. The van der Waals surface area contributed by atoms with Crippen molar-refractivity contribution >= 4 is 29.1 Å². The number of carbonyl (C=O) groups excluding carboxylic acids is 2. The molecule has 1 N–H and O–H groups in total. The molecule has 4 rings (SSSR count). The van der Waals surface area contributed by atoms with E-state index in [4.69, 9.17) is 21.1 Å². The summed E-state index contributed by atoms with van der Waals surface area (Å²) in [6.07, 6.45) is 0. The smallest absolute Gasteiger partial charge is 0.254 e. The second-order valence-corrected chi connectivity index (χ2v) is 7.94. The zero-order valence-electron chi connectivity index (χ0n) is 18.0. The molecule has 32 heavy (non-hydrogen) atoms. The standard InChI is InChI=1S/C25H23ClN2O4/c1-28-23(15-8-11-17(31-2)12-9-15)22(18-6-4-5-7-19(18)25(28)30)24(29)27-16-10-13-21(32-3)20(26)14-16/h4-14,22-23H,1-3H3,(H,27,29)/t22-,23+/m0/s1. The van der Waals surface area contributed by atoms with Crippen molar-refractivity contribution in [1.82, 2.24) is 4.90 Å².